The number of carbonyl (C=O) groups is 2. The van der Waals surface area contributed by atoms with Crippen LogP contribution >= 0.6 is 34.8 Å². The maximum atomic E-state index is 12.4. The first-order chi connectivity index (χ1) is 12.3. The van der Waals surface area contributed by atoms with Gasteiger partial charge < -0.3 is 10.1 Å². The van der Waals surface area contributed by atoms with E-state index in [1.165, 1.54) is 23.1 Å². The summed E-state index contributed by atoms with van der Waals surface area (Å²) >= 11 is 16.5. The monoisotopic (exact) mass is 411 g/mol. The molecule has 0 saturated heterocycles. The summed E-state index contributed by atoms with van der Waals surface area (Å²) in [5.41, 5.74) is 0.790. The Morgan fingerprint density at radius 3 is 2.42 bits per heavy atom. The average Bonchev–Trinajstić information content (AvgIpc) is 2.59. The molecule has 0 radical (unpaired) electrons. The molecule has 0 aromatic heterocycles. The molecule has 2 aromatic rings. The van der Waals surface area contributed by atoms with Gasteiger partial charge in [-0.15, -0.1) is 0 Å². The van der Waals surface area contributed by atoms with Crippen LogP contribution in [0.25, 0.3) is 0 Å². The van der Waals surface area contributed by atoms with Gasteiger partial charge in [-0.1, -0.05) is 59.1 Å². The minimum Gasteiger partial charge on any atom is -0.410 e. The van der Waals surface area contributed by atoms with Crippen molar-refractivity contribution in [3.63, 3.8) is 0 Å². The zero-order valence-electron chi connectivity index (χ0n) is 13.2. The number of nitrogens with one attached hydrogen (secondary N) is 1. The number of benzene rings is 2. The Labute approximate surface area is 164 Å². The predicted octanol–water partition coefficient (Wildman–Crippen LogP) is 4.52. The van der Waals surface area contributed by atoms with Crippen LogP contribution in [0.1, 0.15) is 0 Å². The number of hydrogen-bond donors (Lipinski definition) is 1. The zero-order valence-corrected chi connectivity index (χ0v) is 15.4. The van der Waals surface area contributed by atoms with Gasteiger partial charge in [0.25, 0.3) is 9.70 Å². The SMILES string of the molecule is N#CCN(C(=O)Oc1cccc(NC(=O)C(Cl)(Cl)Cl)c1)c1ccccc1. The molecule has 2 amide bonds. The predicted molar refractivity (Wildman–Crippen MR) is 101 cm³/mol. The number of alkyl halides is 3. The van der Waals surface area contributed by atoms with Crippen molar-refractivity contribution in [2.75, 3.05) is 16.8 Å². The molecule has 0 bridgehead atoms. The van der Waals surface area contributed by atoms with Crippen molar-refractivity contribution < 1.29 is 14.3 Å². The fraction of sp³-hybridized carbons (Fsp3) is 0.118. The van der Waals surface area contributed by atoms with E-state index < -0.39 is 15.8 Å². The first kappa shape index (κ1) is 19.9. The molecule has 0 spiro atoms. The Morgan fingerprint density at radius 1 is 1.12 bits per heavy atom. The lowest BCUT2D eigenvalue weighted by Crippen LogP contribution is -2.33. The fourth-order valence-corrected chi connectivity index (χ4v) is 2.08. The highest BCUT2D eigenvalue weighted by atomic mass is 35.6. The van der Waals surface area contributed by atoms with Gasteiger partial charge in [0.1, 0.15) is 12.3 Å². The lowest BCUT2D eigenvalue weighted by molar-refractivity contribution is -0.115. The Morgan fingerprint density at radius 2 is 1.81 bits per heavy atom. The van der Waals surface area contributed by atoms with Crippen LogP contribution in [-0.4, -0.2) is 22.3 Å². The Kier molecular flexibility index (Phi) is 6.70. The second-order valence-electron chi connectivity index (χ2n) is 4.93. The second kappa shape index (κ2) is 8.77. The Bertz CT molecular complexity index is 832. The molecule has 1 N–H and O–H groups in total. The molecule has 0 saturated carbocycles. The smallest absolute Gasteiger partial charge is 0.410 e. The number of amides is 2. The van der Waals surface area contributed by atoms with Gasteiger partial charge in [-0.2, -0.15) is 5.26 Å². The van der Waals surface area contributed by atoms with E-state index >= 15 is 0 Å². The molecule has 2 rings (SSSR count). The van der Waals surface area contributed by atoms with Crippen LogP contribution in [0.4, 0.5) is 16.2 Å². The van der Waals surface area contributed by atoms with Crippen molar-refractivity contribution in [1.29, 1.82) is 5.26 Å². The number of rotatable bonds is 4. The molecule has 0 atom stereocenters. The average molecular weight is 413 g/mol. The number of ether oxygens (including phenoxy) is 1. The lowest BCUT2D eigenvalue weighted by Gasteiger charge is -2.19. The molecule has 0 unspecified atom stereocenters. The lowest BCUT2D eigenvalue weighted by atomic mass is 10.3. The van der Waals surface area contributed by atoms with Crippen LogP contribution in [0.5, 0.6) is 5.75 Å². The quantitative estimate of drug-likeness (QED) is 0.591. The van der Waals surface area contributed by atoms with E-state index in [9.17, 15) is 9.59 Å². The molecule has 2 aromatic carbocycles. The highest BCUT2D eigenvalue weighted by molar-refractivity contribution is 6.76. The first-order valence-corrected chi connectivity index (χ1v) is 8.34. The summed E-state index contributed by atoms with van der Waals surface area (Å²) in [7, 11) is 0. The number of anilines is 2. The van der Waals surface area contributed by atoms with Crippen LogP contribution in [0, 0.1) is 11.3 Å². The molecule has 0 aliphatic carbocycles. The van der Waals surface area contributed by atoms with Crippen LogP contribution in [0.15, 0.2) is 54.6 Å². The van der Waals surface area contributed by atoms with Crippen molar-refractivity contribution in [2.45, 2.75) is 3.79 Å². The topological polar surface area (TPSA) is 82.4 Å². The molecular weight excluding hydrogens is 401 g/mol. The fourth-order valence-electron chi connectivity index (χ4n) is 1.94. The molecule has 0 aliphatic heterocycles. The number of hydrogen-bond acceptors (Lipinski definition) is 4. The minimum atomic E-state index is -2.12. The van der Waals surface area contributed by atoms with Crippen LogP contribution in [0.3, 0.4) is 0 Å². The van der Waals surface area contributed by atoms with Crippen LogP contribution in [0.2, 0.25) is 0 Å². The van der Waals surface area contributed by atoms with Gasteiger partial charge in [-0.05, 0) is 24.3 Å². The van der Waals surface area contributed by atoms with E-state index in [2.05, 4.69) is 5.32 Å². The molecular formula is C17H12Cl3N3O3. The second-order valence-corrected chi connectivity index (χ2v) is 7.21. The third kappa shape index (κ3) is 5.53. The molecule has 0 heterocycles. The van der Waals surface area contributed by atoms with Crippen molar-refractivity contribution >= 4 is 58.2 Å². The van der Waals surface area contributed by atoms with Crippen molar-refractivity contribution in [3.8, 4) is 11.8 Å². The number of nitriles is 1. The van der Waals surface area contributed by atoms with E-state index in [-0.39, 0.29) is 18.0 Å². The number of carbonyl (C=O) groups excluding carboxylic acids is 2. The van der Waals surface area contributed by atoms with Crippen LogP contribution < -0.4 is 15.0 Å². The summed E-state index contributed by atoms with van der Waals surface area (Å²) in [5.74, 6) is -0.697. The van der Waals surface area contributed by atoms with Crippen LogP contribution in [-0.2, 0) is 4.79 Å². The summed E-state index contributed by atoms with van der Waals surface area (Å²) in [6.07, 6.45) is -0.748. The van der Waals surface area contributed by atoms with Crippen molar-refractivity contribution in [1.82, 2.24) is 0 Å². The highest BCUT2D eigenvalue weighted by Gasteiger charge is 2.30. The molecule has 0 fully saturated rings. The third-order valence-electron chi connectivity index (χ3n) is 3.07. The van der Waals surface area contributed by atoms with Gasteiger partial charge in [0.05, 0.1) is 6.07 Å². The Balaban J connectivity index is 2.14. The summed E-state index contributed by atoms with van der Waals surface area (Å²) in [5, 5.41) is 11.3. The molecule has 9 heteroatoms. The van der Waals surface area contributed by atoms with Gasteiger partial charge in [0, 0.05) is 17.4 Å². The number of nitrogens with zero attached hydrogens (tertiary/aromatic N) is 2. The maximum Gasteiger partial charge on any atom is 0.420 e. The Hall–Kier alpha value is -2.46. The molecule has 26 heavy (non-hydrogen) atoms. The maximum absolute atomic E-state index is 12.4. The molecule has 6 nitrogen and oxygen atoms in total. The van der Waals surface area contributed by atoms with Gasteiger partial charge in [-0.3, -0.25) is 9.69 Å². The van der Waals surface area contributed by atoms with Gasteiger partial charge in [0.2, 0.25) is 0 Å². The number of halogens is 3. The van der Waals surface area contributed by atoms with Crippen molar-refractivity contribution in [2.24, 2.45) is 0 Å². The minimum absolute atomic E-state index is 0.149. The number of para-hydroxylation sites is 1. The summed E-state index contributed by atoms with van der Waals surface area (Å²) < 4.78 is 3.16. The largest absolute Gasteiger partial charge is 0.420 e. The molecule has 134 valence electrons. The summed E-state index contributed by atoms with van der Waals surface area (Å²) in [4.78, 5) is 25.3. The highest BCUT2D eigenvalue weighted by Crippen LogP contribution is 2.28. The van der Waals surface area contributed by atoms with E-state index in [4.69, 9.17) is 44.8 Å². The van der Waals surface area contributed by atoms with Gasteiger partial charge >= 0.3 is 6.09 Å². The van der Waals surface area contributed by atoms with E-state index in [1.54, 1.807) is 36.4 Å². The van der Waals surface area contributed by atoms with E-state index in [0.29, 0.717) is 5.69 Å². The van der Waals surface area contributed by atoms with E-state index in [0.717, 1.165) is 0 Å². The van der Waals surface area contributed by atoms with E-state index in [1.807, 2.05) is 6.07 Å². The third-order valence-corrected chi connectivity index (χ3v) is 3.59. The standard InChI is InChI=1S/C17H12Cl3N3O3/c18-17(19,20)15(24)22-12-5-4-8-14(11-12)26-16(25)23(10-9-21)13-6-2-1-3-7-13/h1-8,11H,10H2,(H,22,24). The zero-order chi connectivity index (χ0) is 19.2. The van der Waals surface area contributed by atoms with Crippen molar-refractivity contribution in [3.05, 3.63) is 54.6 Å². The normalized spacial score (nSPS) is 10.5. The first-order valence-electron chi connectivity index (χ1n) is 7.21. The summed E-state index contributed by atoms with van der Waals surface area (Å²) in [6, 6.07) is 16.5. The summed E-state index contributed by atoms with van der Waals surface area (Å²) in [6.45, 7) is -0.188. The molecule has 0 aliphatic rings. The van der Waals surface area contributed by atoms with Gasteiger partial charge in [-0.25, -0.2) is 4.79 Å². The van der Waals surface area contributed by atoms with Gasteiger partial charge in [0.15, 0.2) is 0 Å².